The van der Waals surface area contributed by atoms with Crippen LogP contribution in [0.15, 0.2) is 54.9 Å². The van der Waals surface area contributed by atoms with Gasteiger partial charge in [-0.1, -0.05) is 12.1 Å². The lowest BCUT2D eigenvalue weighted by Crippen LogP contribution is -2.26. The molecule has 160 valence electrons. The van der Waals surface area contributed by atoms with E-state index in [-0.39, 0.29) is 17.7 Å². The molecule has 7 nitrogen and oxygen atoms in total. The first kappa shape index (κ1) is 20.6. The van der Waals surface area contributed by atoms with Gasteiger partial charge in [-0.2, -0.15) is 13.2 Å². The molecule has 0 bridgehead atoms. The van der Waals surface area contributed by atoms with Crippen LogP contribution in [0, 0.1) is 0 Å². The summed E-state index contributed by atoms with van der Waals surface area (Å²) in [5.41, 5.74) is 0.962. The third kappa shape index (κ3) is 5.08. The SMILES string of the molecule is O=C1OCCN1CCc1ccc(Nc2cc(C(F)(F)F)nc(-c3ccncc3)n2)cc1. The predicted molar refractivity (Wildman–Crippen MR) is 107 cm³/mol. The molecule has 4 rings (SSSR count). The molecule has 10 heteroatoms. The summed E-state index contributed by atoms with van der Waals surface area (Å²) in [6.07, 6.45) is -1.35. The van der Waals surface area contributed by atoms with Crippen molar-refractivity contribution in [3.8, 4) is 11.4 Å². The van der Waals surface area contributed by atoms with Gasteiger partial charge in [0, 0.05) is 36.3 Å². The molecule has 1 saturated heterocycles. The number of cyclic esters (lactones) is 1. The number of alkyl halides is 3. The van der Waals surface area contributed by atoms with E-state index < -0.39 is 11.9 Å². The Balaban J connectivity index is 1.51. The Morgan fingerprint density at radius 2 is 1.81 bits per heavy atom. The Morgan fingerprint density at radius 1 is 1.06 bits per heavy atom. The summed E-state index contributed by atoms with van der Waals surface area (Å²) in [6.45, 7) is 1.53. The topological polar surface area (TPSA) is 80.2 Å². The lowest BCUT2D eigenvalue weighted by Gasteiger charge is -2.13. The van der Waals surface area contributed by atoms with E-state index in [1.54, 1.807) is 29.2 Å². The van der Waals surface area contributed by atoms with E-state index in [4.69, 9.17) is 4.74 Å². The van der Waals surface area contributed by atoms with Crippen molar-refractivity contribution < 1.29 is 22.7 Å². The van der Waals surface area contributed by atoms with Gasteiger partial charge >= 0.3 is 12.3 Å². The molecular formula is C21H18F3N5O2. The fourth-order valence-corrected chi connectivity index (χ4v) is 3.08. The predicted octanol–water partition coefficient (Wildman–Crippen LogP) is 4.30. The first-order valence-electron chi connectivity index (χ1n) is 9.53. The van der Waals surface area contributed by atoms with Crippen LogP contribution in [-0.4, -0.2) is 45.6 Å². The Labute approximate surface area is 175 Å². The number of nitrogens with one attached hydrogen (secondary N) is 1. The largest absolute Gasteiger partial charge is 0.448 e. The molecule has 1 aliphatic heterocycles. The number of ether oxygens (including phenoxy) is 1. The van der Waals surface area contributed by atoms with Gasteiger partial charge in [-0.25, -0.2) is 14.8 Å². The third-order valence-corrected chi connectivity index (χ3v) is 4.70. The quantitative estimate of drug-likeness (QED) is 0.630. The summed E-state index contributed by atoms with van der Waals surface area (Å²) in [4.78, 5) is 24.8. The van der Waals surface area contributed by atoms with E-state index in [1.165, 1.54) is 12.4 Å². The van der Waals surface area contributed by atoms with Crippen LogP contribution in [0.2, 0.25) is 0 Å². The van der Waals surface area contributed by atoms with Crippen molar-refractivity contribution in [1.29, 1.82) is 0 Å². The van der Waals surface area contributed by atoms with Crippen LogP contribution in [0.25, 0.3) is 11.4 Å². The van der Waals surface area contributed by atoms with Crippen molar-refractivity contribution in [2.24, 2.45) is 0 Å². The third-order valence-electron chi connectivity index (χ3n) is 4.70. The highest BCUT2D eigenvalue weighted by atomic mass is 19.4. The number of anilines is 2. The smallest absolute Gasteiger partial charge is 0.433 e. The minimum absolute atomic E-state index is 0.0294. The summed E-state index contributed by atoms with van der Waals surface area (Å²) in [5.74, 6) is -0.0180. The van der Waals surface area contributed by atoms with Crippen molar-refractivity contribution in [3.05, 3.63) is 66.1 Å². The number of aromatic nitrogens is 3. The molecule has 0 spiro atoms. The van der Waals surface area contributed by atoms with Gasteiger partial charge in [0.2, 0.25) is 0 Å². The zero-order valence-corrected chi connectivity index (χ0v) is 16.3. The van der Waals surface area contributed by atoms with Crippen LogP contribution in [0.5, 0.6) is 0 Å². The number of nitrogens with zero attached hydrogens (tertiary/aromatic N) is 4. The monoisotopic (exact) mass is 429 g/mol. The number of carbonyl (C=O) groups excluding carboxylic acids is 1. The van der Waals surface area contributed by atoms with Gasteiger partial charge in [-0.15, -0.1) is 0 Å². The standard InChI is InChI=1S/C21H18F3N5O2/c22-21(23,24)17-13-18(28-19(27-17)15-5-8-25-9-6-15)26-16-3-1-14(2-4-16)7-10-29-11-12-31-20(29)30/h1-6,8-9,13H,7,10-12H2,(H,26,27,28). The second-order valence-electron chi connectivity index (χ2n) is 6.87. The Hall–Kier alpha value is -3.69. The zero-order chi connectivity index (χ0) is 21.8. The number of hydrogen-bond acceptors (Lipinski definition) is 6. The second-order valence-corrected chi connectivity index (χ2v) is 6.87. The molecular weight excluding hydrogens is 411 g/mol. The number of pyridine rings is 1. The average Bonchev–Trinajstić information content (AvgIpc) is 3.18. The van der Waals surface area contributed by atoms with Gasteiger partial charge in [0.25, 0.3) is 0 Å². The maximum Gasteiger partial charge on any atom is 0.433 e. The van der Waals surface area contributed by atoms with Crippen molar-refractivity contribution in [3.63, 3.8) is 0 Å². The molecule has 1 aromatic carbocycles. The number of hydrogen-bond donors (Lipinski definition) is 1. The lowest BCUT2D eigenvalue weighted by atomic mass is 10.1. The average molecular weight is 429 g/mol. The summed E-state index contributed by atoms with van der Waals surface area (Å²) in [5, 5.41) is 2.91. The molecule has 0 radical (unpaired) electrons. The van der Waals surface area contributed by atoms with E-state index >= 15 is 0 Å². The maximum absolute atomic E-state index is 13.3. The van der Waals surface area contributed by atoms with Crippen LogP contribution < -0.4 is 5.32 Å². The van der Waals surface area contributed by atoms with Gasteiger partial charge < -0.3 is 15.0 Å². The van der Waals surface area contributed by atoms with Gasteiger partial charge in [0.15, 0.2) is 11.5 Å². The van der Waals surface area contributed by atoms with Crippen LogP contribution >= 0.6 is 0 Å². The van der Waals surface area contributed by atoms with E-state index in [2.05, 4.69) is 20.3 Å². The summed E-state index contributed by atoms with van der Waals surface area (Å²) >= 11 is 0. The van der Waals surface area contributed by atoms with E-state index in [0.29, 0.717) is 37.4 Å². The molecule has 0 unspecified atom stereocenters. The Kier molecular flexibility index (Phi) is 5.70. The molecule has 1 amide bonds. The Bertz CT molecular complexity index is 1060. The normalized spacial score (nSPS) is 13.9. The highest BCUT2D eigenvalue weighted by Crippen LogP contribution is 2.31. The van der Waals surface area contributed by atoms with Crippen molar-refractivity contribution in [2.45, 2.75) is 12.6 Å². The molecule has 3 aromatic rings. The highest BCUT2D eigenvalue weighted by Gasteiger charge is 2.34. The van der Waals surface area contributed by atoms with E-state index in [1.807, 2.05) is 12.1 Å². The van der Waals surface area contributed by atoms with E-state index in [0.717, 1.165) is 11.6 Å². The zero-order valence-electron chi connectivity index (χ0n) is 16.3. The molecule has 2 aromatic heterocycles. The summed E-state index contributed by atoms with van der Waals surface area (Å²) in [7, 11) is 0. The molecule has 1 aliphatic rings. The Morgan fingerprint density at radius 3 is 2.45 bits per heavy atom. The molecule has 0 saturated carbocycles. The summed E-state index contributed by atoms with van der Waals surface area (Å²) < 4.78 is 44.9. The fourth-order valence-electron chi connectivity index (χ4n) is 3.08. The second kappa shape index (κ2) is 8.58. The minimum atomic E-state index is -4.61. The number of amides is 1. The van der Waals surface area contributed by atoms with Crippen molar-refractivity contribution >= 4 is 17.6 Å². The highest BCUT2D eigenvalue weighted by molar-refractivity contribution is 5.69. The lowest BCUT2D eigenvalue weighted by molar-refractivity contribution is -0.141. The first-order valence-corrected chi connectivity index (χ1v) is 9.53. The van der Waals surface area contributed by atoms with Crippen molar-refractivity contribution in [2.75, 3.05) is 25.0 Å². The minimum Gasteiger partial charge on any atom is -0.448 e. The first-order chi connectivity index (χ1) is 14.9. The van der Waals surface area contributed by atoms with Crippen LogP contribution in [0.4, 0.5) is 29.5 Å². The summed E-state index contributed by atoms with van der Waals surface area (Å²) in [6, 6.07) is 11.2. The van der Waals surface area contributed by atoms with Gasteiger partial charge in [-0.3, -0.25) is 4.98 Å². The number of rotatable bonds is 6. The fraction of sp³-hybridized carbons (Fsp3) is 0.238. The molecule has 1 N–H and O–H groups in total. The number of halogens is 3. The number of benzene rings is 1. The molecule has 3 heterocycles. The van der Waals surface area contributed by atoms with Crippen LogP contribution in [-0.2, 0) is 17.3 Å². The maximum atomic E-state index is 13.3. The molecule has 0 aliphatic carbocycles. The molecule has 1 fully saturated rings. The van der Waals surface area contributed by atoms with Gasteiger partial charge in [-0.05, 0) is 36.2 Å². The van der Waals surface area contributed by atoms with Crippen molar-refractivity contribution in [1.82, 2.24) is 19.9 Å². The molecule has 0 atom stereocenters. The van der Waals surface area contributed by atoms with E-state index in [9.17, 15) is 18.0 Å². The van der Waals surface area contributed by atoms with Crippen LogP contribution in [0.1, 0.15) is 11.3 Å². The van der Waals surface area contributed by atoms with Gasteiger partial charge in [0.1, 0.15) is 12.4 Å². The molecule has 31 heavy (non-hydrogen) atoms. The van der Waals surface area contributed by atoms with Crippen LogP contribution in [0.3, 0.4) is 0 Å². The number of carbonyl (C=O) groups is 1. The van der Waals surface area contributed by atoms with Gasteiger partial charge in [0.05, 0.1) is 6.54 Å².